The molecule has 1 heterocycles. The highest BCUT2D eigenvalue weighted by Crippen LogP contribution is 2.34. The summed E-state index contributed by atoms with van der Waals surface area (Å²) in [5.74, 6) is 0. The van der Waals surface area contributed by atoms with E-state index in [0.29, 0.717) is 11.8 Å². The zero-order valence-corrected chi connectivity index (χ0v) is 9.74. The lowest BCUT2D eigenvalue weighted by atomic mass is 10.1. The van der Waals surface area contributed by atoms with Gasteiger partial charge in [0.1, 0.15) is 0 Å². The highest BCUT2D eigenvalue weighted by atomic mass is 32.2. The zero-order valence-electron chi connectivity index (χ0n) is 8.93. The quantitative estimate of drug-likeness (QED) is 0.536. The first kappa shape index (κ1) is 13.0. The van der Waals surface area contributed by atoms with Gasteiger partial charge in [0.15, 0.2) is 0 Å². The van der Waals surface area contributed by atoms with Crippen LogP contribution in [0.2, 0.25) is 0 Å². The molecule has 2 rings (SSSR count). The number of carbonyl (C=O) groups is 1. The van der Waals surface area contributed by atoms with Crippen LogP contribution in [0.5, 0.6) is 0 Å². The Labute approximate surface area is 99.2 Å². The molecule has 1 amide bonds. The minimum Gasteiger partial charge on any atom is -0.372 e. The lowest BCUT2D eigenvalue weighted by molar-refractivity contribution is -0.106. The molecule has 0 fully saturated rings. The number of benzene rings is 1. The molecule has 1 aliphatic heterocycles. The first-order valence-corrected chi connectivity index (χ1v) is 5.96. The van der Waals surface area contributed by atoms with Crippen LogP contribution in [0.3, 0.4) is 0 Å². The summed E-state index contributed by atoms with van der Waals surface area (Å²) in [7, 11) is 0. The molecular formula is C11H16N2O2S. The summed E-state index contributed by atoms with van der Waals surface area (Å²) in [6.07, 6.45) is 2.53. The average Bonchev–Trinajstić information content (AvgIpc) is 2.30. The predicted molar refractivity (Wildman–Crippen MR) is 64.4 cm³/mol. The average molecular weight is 240 g/mol. The molecule has 1 aromatic rings. The van der Waals surface area contributed by atoms with Crippen LogP contribution in [0.25, 0.3) is 0 Å². The summed E-state index contributed by atoms with van der Waals surface area (Å²) in [4.78, 5) is 9.95. The van der Waals surface area contributed by atoms with Gasteiger partial charge >= 0.3 is 0 Å². The van der Waals surface area contributed by atoms with Crippen LogP contribution in [-0.2, 0) is 11.2 Å². The van der Waals surface area contributed by atoms with Gasteiger partial charge in [-0.1, -0.05) is 18.2 Å². The van der Waals surface area contributed by atoms with Crippen molar-refractivity contribution in [1.29, 1.82) is 0 Å². The Morgan fingerprint density at radius 3 is 2.94 bits per heavy atom. The molecule has 0 radical (unpaired) electrons. The normalized spacial score (nSPS) is 17.9. The number of hydrogen-bond acceptors (Lipinski definition) is 4. The molecule has 5 heteroatoms. The Bertz CT molecular complexity index is 334. The number of rotatable bonds is 2. The molecule has 0 saturated heterocycles. The summed E-state index contributed by atoms with van der Waals surface area (Å²) < 4.78 is 0. The van der Waals surface area contributed by atoms with Gasteiger partial charge in [0.05, 0.1) is 0 Å². The fourth-order valence-corrected chi connectivity index (χ4v) is 2.86. The number of hydroxylamine groups is 1. The van der Waals surface area contributed by atoms with E-state index in [0.717, 1.165) is 12.8 Å². The predicted octanol–water partition coefficient (Wildman–Crippen LogP) is 1.17. The largest absolute Gasteiger partial charge is 0.372 e. The van der Waals surface area contributed by atoms with Crippen LogP contribution in [0, 0.1) is 0 Å². The van der Waals surface area contributed by atoms with Crippen molar-refractivity contribution in [2.24, 2.45) is 5.73 Å². The molecule has 1 aromatic carbocycles. The van der Waals surface area contributed by atoms with Crippen LogP contribution >= 0.6 is 11.8 Å². The van der Waals surface area contributed by atoms with Crippen molar-refractivity contribution in [3.8, 4) is 0 Å². The number of carbonyl (C=O) groups excluding carboxylic acids is 1. The second kappa shape index (κ2) is 7.27. The maximum absolute atomic E-state index is 8.60. The number of aryl methyl sites for hydroxylation is 1. The molecular weight excluding hydrogens is 224 g/mol. The molecule has 4 N–H and O–H groups in total. The molecule has 0 saturated carbocycles. The summed E-state index contributed by atoms with van der Waals surface area (Å²) in [5.41, 5.74) is 7.86. The van der Waals surface area contributed by atoms with Crippen molar-refractivity contribution < 1.29 is 10.0 Å². The Morgan fingerprint density at radius 2 is 2.25 bits per heavy atom. The van der Waals surface area contributed by atoms with Gasteiger partial charge in [0.2, 0.25) is 6.41 Å². The molecule has 16 heavy (non-hydrogen) atoms. The maximum atomic E-state index is 8.60. The lowest BCUT2D eigenvalue weighted by Gasteiger charge is -2.22. The number of nitrogens with two attached hydrogens (primary N) is 1. The van der Waals surface area contributed by atoms with Crippen molar-refractivity contribution in [1.82, 2.24) is 5.48 Å². The lowest BCUT2D eigenvalue weighted by Crippen LogP contribution is -2.24. The second-order valence-corrected chi connectivity index (χ2v) is 4.73. The van der Waals surface area contributed by atoms with E-state index >= 15 is 0 Å². The summed E-state index contributed by atoms with van der Waals surface area (Å²) in [5, 5.41) is 9.12. The van der Waals surface area contributed by atoms with Crippen molar-refractivity contribution in [2.75, 3.05) is 6.54 Å². The third kappa shape index (κ3) is 3.84. The minimum absolute atomic E-state index is 0.250. The third-order valence-corrected chi connectivity index (χ3v) is 3.71. The Kier molecular flexibility index (Phi) is 5.92. The highest BCUT2D eigenvalue weighted by molar-refractivity contribution is 8.00. The fourth-order valence-electron chi connectivity index (χ4n) is 1.63. The van der Waals surface area contributed by atoms with E-state index in [1.165, 1.54) is 10.5 Å². The molecule has 88 valence electrons. The third-order valence-electron chi connectivity index (χ3n) is 2.32. The van der Waals surface area contributed by atoms with Gasteiger partial charge < -0.3 is 10.9 Å². The molecule has 0 aromatic heterocycles. The van der Waals surface area contributed by atoms with Crippen molar-refractivity contribution in [3.63, 3.8) is 0 Å². The van der Waals surface area contributed by atoms with E-state index in [9.17, 15) is 0 Å². The van der Waals surface area contributed by atoms with Crippen LogP contribution in [0.15, 0.2) is 29.2 Å². The number of primary amides is 1. The first-order chi connectivity index (χ1) is 7.81. The van der Waals surface area contributed by atoms with Crippen LogP contribution < -0.4 is 11.2 Å². The minimum atomic E-state index is 0.250. The molecule has 1 aliphatic rings. The Morgan fingerprint density at radius 1 is 1.56 bits per heavy atom. The summed E-state index contributed by atoms with van der Waals surface area (Å²) >= 11 is 1.86. The molecule has 1 atom stereocenters. The Balaban J connectivity index is 0.000000386. The van der Waals surface area contributed by atoms with E-state index in [-0.39, 0.29) is 6.41 Å². The van der Waals surface area contributed by atoms with Crippen LogP contribution in [0.4, 0.5) is 0 Å². The molecule has 1 unspecified atom stereocenters. The van der Waals surface area contributed by atoms with E-state index in [2.05, 4.69) is 35.5 Å². The monoisotopic (exact) mass is 240 g/mol. The maximum Gasteiger partial charge on any atom is 0.204 e. The highest BCUT2D eigenvalue weighted by Gasteiger charge is 2.17. The van der Waals surface area contributed by atoms with Gasteiger partial charge in [-0.2, -0.15) is 0 Å². The summed E-state index contributed by atoms with van der Waals surface area (Å²) in [6.45, 7) is 0.680. The summed E-state index contributed by atoms with van der Waals surface area (Å²) in [6, 6.07) is 8.50. The number of hydrogen-bond donors (Lipinski definition) is 3. The molecule has 0 bridgehead atoms. The van der Waals surface area contributed by atoms with Crippen molar-refractivity contribution in [2.45, 2.75) is 23.0 Å². The fraction of sp³-hybridized carbons (Fsp3) is 0.364. The van der Waals surface area contributed by atoms with E-state index in [4.69, 9.17) is 10.0 Å². The molecule has 0 spiro atoms. The SMILES string of the molecule is NC=O.ONCC1CCc2ccccc2S1. The van der Waals surface area contributed by atoms with Crippen molar-refractivity contribution in [3.05, 3.63) is 29.8 Å². The zero-order chi connectivity index (χ0) is 11.8. The van der Waals surface area contributed by atoms with Crippen LogP contribution in [0.1, 0.15) is 12.0 Å². The number of fused-ring (bicyclic) bond motifs is 1. The van der Waals surface area contributed by atoms with Gasteiger partial charge in [0, 0.05) is 16.7 Å². The standard InChI is InChI=1S/C10H13NOS.CH3NO/c12-11-7-9-6-5-8-3-1-2-4-10(8)13-9;2-1-3/h1-4,9,11-12H,5-7H2;1H,(H2,2,3). The second-order valence-electron chi connectivity index (χ2n) is 3.38. The van der Waals surface area contributed by atoms with E-state index in [1.807, 2.05) is 11.8 Å². The number of thioether (sulfide) groups is 1. The number of nitrogens with one attached hydrogen (secondary N) is 1. The Hall–Kier alpha value is -1.04. The van der Waals surface area contributed by atoms with Gasteiger partial charge in [-0.15, -0.1) is 11.8 Å². The molecule has 4 nitrogen and oxygen atoms in total. The van der Waals surface area contributed by atoms with Gasteiger partial charge in [0.25, 0.3) is 0 Å². The number of amides is 1. The molecule has 0 aliphatic carbocycles. The van der Waals surface area contributed by atoms with E-state index < -0.39 is 0 Å². The van der Waals surface area contributed by atoms with Gasteiger partial charge in [-0.05, 0) is 24.5 Å². The first-order valence-electron chi connectivity index (χ1n) is 5.08. The van der Waals surface area contributed by atoms with E-state index in [1.54, 1.807) is 0 Å². The van der Waals surface area contributed by atoms with Crippen molar-refractivity contribution >= 4 is 18.2 Å². The van der Waals surface area contributed by atoms with Gasteiger partial charge in [-0.25, -0.2) is 5.48 Å². The van der Waals surface area contributed by atoms with Gasteiger partial charge in [-0.3, -0.25) is 4.79 Å². The smallest absolute Gasteiger partial charge is 0.204 e. The topological polar surface area (TPSA) is 75.4 Å². The van der Waals surface area contributed by atoms with Crippen LogP contribution in [-0.4, -0.2) is 23.4 Å².